The van der Waals surface area contributed by atoms with Gasteiger partial charge in [0.05, 0.1) is 6.67 Å². The van der Waals surface area contributed by atoms with E-state index in [2.05, 4.69) is 34.1 Å². The van der Waals surface area contributed by atoms with Gasteiger partial charge in [-0.2, -0.15) is 0 Å². The van der Waals surface area contributed by atoms with Crippen LogP contribution < -0.4 is 0 Å². The molecule has 0 saturated carbocycles. The minimum Gasteiger partial charge on any atom is -0.329 e. The Morgan fingerprint density at radius 3 is 2.40 bits per heavy atom. The molecule has 1 atom stereocenters. The lowest BCUT2D eigenvalue weighted by atomic mass is 9.89. The lowest BCUT2D eigenvalue weighted by molar-refractivity contribution is -0.132. The van der Waals surface area contributed by atoms with E-state index in [0.29, 0.717) is 11.8 Å². The highest BCUT2D eigenvalue weighted by Gasteiger charge is 2.36. The molecule has 2 fully saturated rings. The average molecular weight is 270 g/mol. The van der Waals surface area contributed by atoms with E-state index in [1.54, 1.807) is 0 Å². The molecular weight excluding hydrogens is 248 g/mol. The van der Waals surface area contributed by atoms with Gasteiger partial charge in [0.1, 0.15) is 0 Å². The summed E-state index contributed by atoms with van der Waals surface area (Å²) >= 11 is 0. The maximum absolute atomic E-state index is 12.6. The van der Waals surface area contributed by atoms with Gasteiger partial charge in [0.2, 0.25) is 5.91 Å². The topological polar surface area (TPSA) is 23.6 Å². The number of likely N-dealkylation sites (tertiary alicyclic amines) is 2. The molecule has 0 aromatic heterocycles. The SMILES string of the molecule is O=C1C(CC2C3=CC=C2C=C3)CCN1CN1CCCC1. The lowest BCUT2D eigenvalue weighted by Crippen LogP contribution is -2.38. The van der Waals surface area contributed by atoms with Crippen LogP contribution >= 0.6 is 0 Å². The van der Waals surface area contributed by atoms with Gasteiger partial charge < -0.3 is 4.90 Å². The van der Waals surface area contributed by atoms with Crippen molar-refractivity contribution in [1.82, 2.24) is 9.80 Å². The van der Waals surface area contributed by atoms with Crippen molar-refractivity contribution in [2.45, 2.75) is 25.7 Å². The third-order valence-corrected chi connectivity index (χ3v) is 5.24. The Balaban J connectivity index is 1.35. The third kappa shape index (κ3) is 2.05. The molecule has 0 N–H and O–H groups in total. The fraction of sp³-hybridized carbons (Fsp3) is 0.588. The number of carbonyl (C=O) groups is 1. The molecule has 0 radical (unpaired) electrons. The number of allylic oxidation sites excluding steroid dienone is 6. The zero-order valence-electron chi connectivity index (χ0n) is 11.9. The number of hydrogen-bond donors (Lipinski definition) is 0. The maximum atomic E-state index is 12.6. The molecule has 4 rings (SSSR count). The fourth-order valence-corrected chi connectivity index (χ4v) is 4.04. The van der Waals surface area contributed by atoms with E-state index in [4.69, 9.17) is 0 Å². The van der Waals surface area contributed by atoms with Gasteiger partial charge in [-0.05, 0) is 49.9 Å². The molecule has 2 bridgehead atoms. The van der Waals surface area contributed by atoms with Gasteiger partial charge in [0.15, 0.2) is 0 Å². The van der Waals surface area contributed by atoms with Crippen LogP contribution in [0.2, 0.25) is 0 Å². The highest BCUT2D eigenvalue weighted by Crippen LogP contribution is 2.41. The number of amides is 1. The second kappa shape index (κ2) is 4.88. The standard InChI is InChI=1S/C17H22N2O/c20-17-15(11-16-13-3-4-14(16)6-5-13)7-10-19(17)12-18-8-1-2-9-18/h3-6,15-16H,1-2,7-12H2. The van der Waals surface area contributed by atoms with Gasteiger partial charge in [-0.3, -0.25) is 9.69 Å². The van der Waals surface area contributed by atoms with E-state index in [0.717, 1.165) is 26.1 Å². The Hall–Kier alpha value is -1.35. The summed E-state index contributed by atoms with van der Waals surface area (Å²) in [5.41, 5.74) is 2.82. The van der Waals surface area contributed by atoms with Gasteiger partial charge in [0, 0.05) is 18.4 Å². The van der Waals surface area contributed by atoms with E-state index in [1.807, 2.05) is 0 Å². The Morgan fingerprint density at radius 1 is 1.05 bits per heavy atom. The predicted octanol–water partition coefficient (Wildman–Crippen LogP) is 2.33. The molecule has 0 spiro atoms. The Kier molecular flexibility index (Phi) is 3.03. The van der Waals surface area contributed by atoms with Gasteiger partial charge in [-0.15, -0.1) is 0 Å². The van der Waals surface area contributed by atoms with Crippen LogP contribution in [-0.4, -0.2) is 42.0 Å². The quantitative estimate of drug-likeness (QED) is 0.783. The van der Waals surface area contributed by atoms with Crippen molar-refractivity contribution in [2.24, 2.45) is 11.8 Å². The van der Waals surface area contributed by atoms with E-state index < -0.39 is 0 Å². The van der Waals surface area contributed by atoms with E-state index in [-0.39, 0.29) is 5.92 Å². The summed E-state index contributed by atoms with van der Waals surface area (Å²) in [7, 11) is 0. The smallest absolute Gasteiger partial charge is 0.226 e. The number of hydrogen-bond acceptors (Lipinski definition) is 2. The molecule has 0 aromatic rings. The van der Waals surface area contributed by atoms with Crippen LogP contribution in [0.4, 0.5) is 0 Å². The molecule has 1 unspecified atom stereocenters. The van der Waals surface area contributed by atoms with Crippen LogP contribution in [0.1, 0.15) is 25.7 Å². The molecular formula is C17H22N2O. The first-order valence-corrected chi connectivity index (χ1v) is 7.92. The summed E-state index contributed by atoms with van der Waals surface area (Å²) in [5.74, 6) is 1.15. The Labute approximate surface area is 120 Å². The van der Waals surface area contributed by atoms with Crippen molar-refractivity contribution in [1.29, 1.82) is 0 Å². The molecule has 106 valence electrons. The van der Waals surface area contributed by atoms with Crippen LogP contribution in [-0.2, 0) is 4.79 Å². The largest absolute Gasteiger partial charge is 0.329 e. The van der Waals surface area contributed by atoms with E-state index in [9.17, 15) is 4.79 Å². The van der Waals surface area contributed by atoms with Crippen molar-refractivity contribution in [2.75, 3.05) is 26.3 Å². The summed E-state index contributed by atoms with van der Waals surface area (Å²) in [4.78, 5) is 17.1. The second-order valence-electron chi connectivity index (χ2n) is 6.51. The maximum Gasteiger partial charge on any atom is 0.226 e. The van der Waals surface area contributed by atoms with Crippen LogP contribution in [0.3, 0.4) is 0 Å². The summed E-state index contributed by atoms with van der Waals surface area (Å²) < 4.78 is 0. The fourth-order valence-electron chi connectivity index (χ4n) is 4.04. The summed E-state index contributed by atoms with van der Waals surface area (Å²) in [5, 5.41) is 0. The zero-order valence-corrected chi connectivity index (χ0v) is 11.9. The third-order valence-electron chi connectivity index (χ3n) is 5.24. The van der Waals surface area contributed by atoms with Gasteiger partial charge in [0.25, 0.3) is 0 Å². The lowest BCUT2D eigenvalue weighted by Gasteiger charge is -2.24. The first kappa shape index (κ1) is 12.4. The molecule has 2 aliphatic heterocycles. The van der Waals surface area contributed by atoms with Crippen molar-refractivity contribution in [3.63, 3.8) is 0 Å². The minimum absolute atomic E-state index is 0.243. The molecule has 4 aliphatic rings. The molecule has 20 heavy (non-hydrogen) atoms. The number of fused-ring (bicyclic) bond motifs is 2. The predicted molar refractivity (Wildman–Crippen MR) is 78.9 cm³/mol. The number of rotatable bonds is 4. The molecule has 3 nitrogen and oxygen atoms in total. The number of carbonyl (C=O) groups excluding carboxylic acids is 1. The number of nitrogens with zero attached hydrogens (tertiary/aromatic N) is 2. The summed E-state index contributed by atoms with van der Waals surface area (Å²) in [6.07, 6.45) is 13.5. The summed E-state index contributed by atoms with van der Waals surface area (Å²) in [6, 6.07) is 0. The van der Waals surface area contributed by atoms with Crippen molar-refractivity contribution in [3.05, 3.63) is 35.5 Å². The molecule has 0 aromatic carbocycles. The first-order valence-electron chi connectivity index (χ1n) is 7.92. The molecule has 2 heterocycles. The van der Waals surface area contributed by atoms with Crippen LogP contribution in [0.15, 0.2) is 35.5 Å². The van der Waals surface area contributed by atoms with Crippen LogP contribution in [0.5, 0.6) is 0 Å². The van der Waals surface area contributed by atoms with Gasteiger partial charge in [-0.1, -0.05) is 24.3 Å². The normalized spacial score (nSPS) is 29.7. The second-order valence-corrected chi connectivity index (χ2v) is 6.51. The molecule has 2 saturated heterocycles. The van der Waals surface area contributed by atoms with Crippen LogP contribution in [0.25, 0.3) is 0 Å². The summed E-state index contributed by atoms with van der Waals surface area (Å²) in [6.45, 7) is 4.16. The molecule has 3 heteroatoms. The van der Waals surface area contributed by atoms with Gasteiger partial charge >= 0.3 is 0 Å². The molecule has 2 aliphatic carbocycles. The zero-order chi connectivity index (χ0) is 13.5. The monoisotopic (exact) mass is 270 g/mol. The van der Waals surface area contributed by atoms with Crippen molar-refractivity contribution < 1.29 is 4.79 Å². The minimum atomic E-state index is 0.243. The van der Waals surface area contributed by atoms with Gasteiger partial charge in [-0.25, -0.2) is 0 Å². The highest BCUT2D eigenvalue weighted by molar-refractivity contribution is 5.81. The van der Waals surface area contributed by atoms with Crippen molar-refractivity contribution >= 4 is 5.91 Å². The van der Waals surface area contributed by atoms with Crippen LogP contribution in [0, 0.1) is 11.8 Å². The van der Waals surface area contributed by atoms with E-state index in [1.165, 1.54) is 37.1 Å². The Morgan fingerprint density at radius 2 is 1.75 bits per heavy atom. The average Bonchev–Trinajstić information content (AvgIpc) is 3.23. The first-order chi connectivity index (χ1) is 9.81. The Bertz CT molecular complexity index is 489. The molecule has 1 amide bonds. The van der Waals surface area contributed by atoms with Crippen molar-refractivity contribution in [3.8, 4) is 0 Å². The highest BCUT2D eigenvalue weighted by atomic mass is 16.2. The van der Waals surface area contributed by atoms with E-state index >= 15 is 0 Å².